The molecule has 0 aliphatic carbocycles. The predicted molar refractivity (Wildman–Crippen MR) is 236 cm³/mol. The van der Waals surface area contributed by atoms with Crippen molar-refractivity contribution in [1.82, 2.24) is 21.4 Å². The summed E-state index contributed by atoms with van der Waals surface area (Å²) in [6.45, 7) is 18.1. The standard InChI is InChI=1S/C47H79N5O7/c1-11-38(27-26-32(2)3)44(58)51-47(10,36(8)55)29-23-18-16-14-12-13-15-17-22-28-46(9,35(7)54)50-39(30-33(4)5)42(56)43(57)41(34(6)53)49-45(59)40(52-48)31-37-24-20-19-21-25-37/h14,16,19-21,24-25,32-34,38-41,50,52-53H,11-13,15,17-18,22-23,26-31,48H2,1-10H3,(H,49,59)(H,51,58)/b16-14-/t34-,38+,39+,40+,41+,46-,47+/m1/s1. The number of hydrogen-bond acceptors (Lipinski definition) is 10. The van der Waals surface area contributed by atoms with E-state index in [4.69, 9.17) is 5.84 Å². The van der Waals surface area contributed by atoms with Gasteiger partial charge in [-0.05, 0) is 116 Å². The highest BCUT2D eigenvalue weighted by Crippen LogP contribution is 2.23. The van der Waals surface area contributed by atoms with Crippen molar-refractivity contribution in [3.8, 4) is 0 Å². The third-order valence-corrected chi connectivity index (χ3v) is 11.5. The molecule has 7 atom stereocenters. The van der Waals surface area contributed by atoms with Crippen LogP contribution in [0.2, 0.25) is 0 Å². The summed E-state index contributed by atoms with van der Waals surface area (Å²) in [7, 11) is 0. The zero-order chi connectivity index (χ0) is 44.8. The van der Waals surface area contributed by atoms with Gasteiger partial charge in [0.1, 0.15) is 17.9 Å². The molecule has 59 heavy (non-hydrogen) atoms. The first kappa shape index (κ1) is 53.4. The Labute approximate surface area is 355 Å². The van der Waals surface area contributed by atoms with Gasteiger partial charge in [0.15, 0.2) is 5.78 Å². The zero-order valence-corrected chi connectivity index (χ0v) is 38.0. The lowest BCUT2D eigenvalue weighted by Crippen LogP contribution is -2.61. The minimum Gasteiger partial charge on any atom is -0.391 e. The number of amides is 2. The molecule has 12 heteroatoms. The molecular formula is C47H79N5O7. The van der Waals surface area contributed by atoms with Crippen molar-refractivity contribution >= 4 is 34.9 Å². The highest BCUT2D eigenvalue weighted by Gasteiger charge is 2.40. The Morgan fingerprint density at radius 3 is 1.83 bits per heavy atom. The van der Waals surface area contributed by atoms with Gasteiger partial charge in [-0.25, -0.2) is 5.43 Å². The van der Waals surface area contributed by atoms with E-state index >= 15 is 0 Å². The normalized spacial score (nSPS) is 16.4. The summed E-state index contributed by atoms with van der Waals surface area (Å²) in [5.41, 5.74) is 1.36. The van der Waals surface area contributed by atoms with E-state index in [9.17, 15) is 33.9 Å². The summed E-state index contributed by atoms with van der Waals surface area (Å²) in [4.78, 5) is 79.3. The van der Waals surface area contributed by atoms with Gasteiger partial charge in [-0.1, -0.05) is 103 Å². The minimum absolute atomic E-state index is 0.00211. The molecule has 0 fully saturated rings. The van der Waals surface area contributed by atoms with Gasteiger partial charge < -0.3 is 15.7 Å². The number of hydrazine groups is 1. The summed E-state index contributed by atoms with van der Waals surface area (Å²) in [6, 6.07) is 5.77. The molecule has 2 amide bonds. The van der Waals surface area contributed by atoms with Crippen molar-refractivity contribution in [2.45, 2.75) is 194 Å². The number of benzene rings is 1. The third kappa shape index (κ3) is 19.6. The molecule has 0 aliphatic heterocycles. The number of carbonyl (C=O) groups excluding carboxylic acids is 6. The van der Waals surface area contributed by atoms with Crippen LogP contribution in [0.4, 0.5) is 0 Å². The largest absolute Gasteiger partial charge is 0.391 e. The number of nitrogens with one attached hydrogen (secondary N) is 4. The molecule has 1 rings (SSSR count). The molecule has 12 nitrogen and oxygen atoms in total. The van der Waals surface area contributed by atoms with Crippen LogP contribution in [-0.4, -0.2) is 75.4 Å². The number of nitrogens with two attached hydrogens (primary N) is 1. The monoisotopic (exact) mass is 826 g/mol. The number of ketones is 4. The SMILES string of the molecule is CC[C@@H](CCC(C)C)C(=O)N[C@@](C)(CCC/C=C\CCCCCC[C@@](C)(N[C@@H](CC(C)C)C(=O)C(=O)[C@@H](NC(=O)[C@H](Cc1ccccc1)NN)[C@@H](C)O)C(C)=O)C(C)=O. The van der Waals surface area contributed by atoms with Crippen molar-refractivity contribution in [2.24, 2.45) is 23.6 Å². The molecule has 0 saturated heterocycles. The molecule has 0 heterocycles. The fourth-order valence-corrected chi connectivity index (χ4v) is 7.16. The Balaban J connectivity index is 2.73. The summed E-state index contributed by atoms with van der Waals surface area (Å²) in [6.07, 6.45) is 13.1. The lowest BCUT2D eigenvalue weighted by molar-refractivity contribution is -0.142. The smallest absolute Gasteiger partial charge is 0.239 e. The van der Waals surface area contributed by atoms with Crippen LogP contribution in [0.5, 0.6) is 0 Å². The first-order chi connectivity index (χ1) is 27.7. The number of unbranched alkanes of at least 4 members (excludes halogenated alkanes) is 5. The van der Waals surface area contributed by atoms with Crippen LogP contribution in [-0.2, 0) is 35.2 Å². The molecule has 0 bridgehead atoms. The number of carbonyl (C=O) groups is 6. The maximum absolute atomic E-state index is 13.8. The highest BCUT2D eigenvalue weighted by molar-refractivity contribution is 6.41. The van der Waals surface area contributed by atoms with E-state index in [1.165, 1.54) is 13.8 Å². The van der Waals surface area contributed by atoms with Crippen molar-refractivity contribution in [3.05, 3.63) is 48.0 Å². The zero-order valence-electron chi connectivity index (χ0n) is 38.0. The first-order valence-corrected chi connectivity index (χ1v) is 22.0. The molecule has 0 spiro atoms. The average molecular weight is 826 g/mol. The Morgan fingerprint density at radius 2 is 1.31 bits per heavy atom. The van der Waals surface area contributed by atoms with Gasteiger partial charge in [0.05, 0.1) is 23.2 Å². The van der Waals surface area contributed by atoms with Crippen LogP contribution >= 0.6 is 0 Å². The Bertz CT molecular complexity index is 1500. The number of hydrogen-bond donors (Lipinski definition) is 6. The summed E-state index contributed by atoms with van der Waals surface area (Å²) in [5, 5.41) is 19.4. The first-order valence-electron chi connectivity index (χ1n) is 22.0. The Kier molecular flexibility index (Phi) is 24.7. The van der Waals surface area contributed by atoms with Gasteiger partial charge in [0, 0.05) is 5.92 Å². The maximum Gasteiger partial charge on any atom is 0.239 e. The number of rotatable bonds is 32. The van der Waals surface area contributed by atoms with E-state index in [-0.39, 0.29) is 42.2 Å². The lowest BCUT2D eigenvalue weighted by Gasteiger charge is -2.34. The third-order valence-electron chi connectivity index (χ3n) is 11.5. The van der Waals surface area contributed by atoms with Crippen LogP contribution in [0.15, 0.2) is 42.5 Å². The number of allylic oxidation sites excluding steroid dienone is 2. The quantitative estimate of drug-likeness (QED) is 0.0155. The van der Waals surface area contributed by atoms with Crippen molar-refractivity contribution in [2.75, 3.05) is 0 Å². The van der Waals surface area contributed by atoms with E-state index in [2.05, 4.69) is 47.4 Å². The highest BCUT2D eigenvalue weighted by atomic mass is 16.3. The average Bonchev–Trinajstić information content (AvgIpc) is 3.17. The Morgan fingerprint density at radius 1 is 0.729 bits per heavy atom. The molecule has 1 aromatic carbocycles. The topological polar surface area (TPSA) is 197 Å². The van der Waals surface area contributed by atoms with E-state index in [1.807, 2.05) is 58.0 Å². The van der Waals surface area contributed by atoms with Crippen LogP contribution in [0.1, 0.15) is 158 Å². The van der Waals surface area contributed by atoms with Gasteiger partial charge in [-0.15, -0.1) is 0 Å². The fourth-order valence-electron chi connectivity index (χ4n) is 7.16. The molecular weight excluding hydrogens is 747 g/mol. The van der Waals surface area contributed by atoms with Crippen LogP contribution < -0.4 is 27.2 Å². The van der Waals surface area contributed by atoms with E-state index in [1.54, 1.807) is 13.8 Å². The molecule has 0 unspecified atom stereocenters. The van der Waals surface area contributed by atoms with Crippen LogP contribution in [0, 0.1) is 17.8 Å². The van der Waals surface area contributed by atoms with Gasteiger partial charge >= 0.3 is 0 Å². The summed E-state index contributed by atoms with van der Waals surface area (Å²) < 4.78 is 0. The van der Waals surface area contributed by atoms with Crippen molar-refractivity contribution < 1.29 is 33.9 Å². The molecule has 0 radical (unpaired) electrons. The molecule has 7 N–H and O–H groups in total. The van der Waals surface area contributed by atoms with Gasteiger partial charge in [-0.3, -0.25) is 39.9 Å². The molecule has 0 aliphatic rings. The lowest BCUT2D eigenvalue weighted by atomic mass is 9.86. The predicted octanol–water partition coefficient (Wildman–Crippen LogP) is 6.41. The number of aliphatic hydroxyl groups is 1. The second-order valence-corrected chi connectivity index (χ2v) is 17.8. The molecule has 0 aromatic heterocycles. The Hall–Kier alpha value is -3.58. The molecule has 0 saturated carbocycles. The fraction of sp³-hybridized carbons (Fsp3) is 0.702. The minimum atomic E-state index is -1.50. The van der Waals surface area contributed by atoms with E-state index in [0.717, 1.165) is 69.8 Å². The van der Waals surface area contributed by atoms with Crippen molar-refractivity contribution in [1.29, 1.82) is 0 Å². The van der Waals surface area contributed by atoms with Gasteiger partial charge in [-0.2, -0.15) is 0 Å². The molecule has 1 aromatic rings. The van der Waals surface area contributed by atoms with E-state index in [0.29, 0.717) is 18.8 Å². The van der Waals surface area contributed by atoms with E-state index < -0.39 is 52.8 Å². The van der Waals surface area contributed by atoms with Gasteiger partial charge in [0.2, 0.25) is 23.4 Å². The second-order valence-electron chi connectivity index (χ2n) is 17.8. The van der Waals surface area contributed by atoms with Gasteiger partial charge in [0.25, 0.3) is 0 Å². The number of Topliss-reactive ketones (excluding diaryl/α,β-unsaturated/α-hetero) is 4. The summed E-state index contributed by atoms with van der Waals surface area (Å²) >= 11 is 0. The number of aliphatic hydroxyl groups excluding tert-OH is 1. The summed E-state index contributed by atoms with van der Waals surface area (Å²) in [5.74, 6) is 3.53. The van der Waals surface area contributed by atoms with Crippen LogP contribution in [0.3, 0.4) is 0 Å². The van der Waals surface area contributed by atoms with Crippen molar-refractivity contribution in [3.63, 3.8) is 0 Å². The van der Waals surface area contributed by atoms with Crippen LogP contribution in [0.25, 0.3) is 0 Å². The molecule has 334 valence electrons. The second kappa shape index (κ2) is 27.3. The maximum atomic E-state index is 13.8.